The summed E-state index contributed by atoms with van der Waals surface area (Å²) in [5.74, 6) is 1.12. The molecule has 3 aromatic carbocycles. The van der Waals surface area contributed by atoms with Crippen molar-refractivity contribution in [3.63, 3.8) is 0 Å². The van der Waals surface area contributed by atoms with Gasteiger partial charge in [0.1, 0.15) is 0 Å². The Labute approximate surface area is 173 Å². The number of amides is 1. The summed E-state index contributed by atoms with van der Waals surface area (Å²) in [6.07, 6.45) is 0.908. The van der Waals surface area contributed by atoms with Crippen LogP contribution in [-0.2, 0) is 0 Å². The van der Waals surface area contributed by atoms with Gasteiger partial charge in [-0.1, -0.05) is 43.3 Å². The van der Waals surface area contributed by atoms with Crippen molar-refractivity contribution < 1.29 is 14.3 Å². The van der Waals surface area contributed by atoms with Crippen molar-refractivity contribution in [2.45, 2.75) is 20.3 Å². The zero-order chi connectivity index (χ0) is 19.2. The molecule has 0 fully saturated rings. The van der Waals surface area contributed by atoms with Crippen LogP contribution >= 0.6 is 22.6 Å². The minimum atomic E-state index is -0.174. The number of hydrogen-bond donors (Lipinski definition) is 1. The Hall–Kier alpha value is -2.28. The van der Waals surface area contributed by atoms with Gasteiger partial charge in [0.2, 0.25) is 0 Å². The number of rotatable bonds is 7. The maximum atomic E-state index is 12.9. The Balaban J connectivity index is 1.92. The van der Waals surface area contributed by atoms with Crippen LogP contribution in [0.5, 0.6) is 11.5 Å². The summed E-state index contributed by atoms with van der Waals surface area (Å²) in [5, 5.41) is 5.12. The fourth-order valence-electron chi connectivity index (χ4n) is 2.84. The van der Waals surface area contributed by atoms with Crippen LogP contribution in [0.2, 0.25) is 0 Å². The van der Waals surface area contributed by atoms with Crippen LogP contribution in [-0.4, -0.2) is 19.1 Å². The summed E-state index contributed by atoms with van der Waals surface area (Å²) in [5.41, 5.74) is 1.33. The highest BCUT2D eigenvalue weighted by molar-refractivity contribution is 14.1. The van der Waals surface area contributed by atoms with E-state index in [2.05, 4.69) is 34.8 Å². The third-order valence-electron chi connectivity index (χ3n) is 4.06. The first-order valence-corrected chi connectivity index (χ1v) is 10.1. The smallest absolute Gasteiger partial charge is 0.255 e. The van der Waals surface area contributed by atoms with Gasteiger partial charge in [-0.05, 0) is 59.5 Å². The molecular weight excluding hydrogens is 453 g/mol. The van der Waals surface area contributed by atoms with Crippen LogP contribution in [0.4, 0.5) is 5.69 Å². The van der Waals surface area contributed by atoms with Gasteiger partial charge in [-0.3, -0.25) is 4.79 Å². The molecule has 0 atom stereocenters. The van der Waals surface area contributed by atoms with Gasteiger partial charge < -0.3 is 14.8 Å². The Morgan fingerprint density at radius 2 is 1.81 bits per heavy atom. The predicted molar refractivity (Wildman–Crippen MR) is 118 cm³/mol. The molecule has 1 N–H and O–H groups in total. The fourth-order valence-corrected chi connectivity index (χ4v) is 3.59. The molecular formula is C22H22INO3. The number of fused-ring (bicyclic) bond motifs is 1. The van der Waals surface area contributed by atoms with Crippen molar-refractivity contribution in [1.82, 2.24) is 0 Å². The first-order valence-electron chi connectivity index (χ1n) is 9.02. The maximum Gasteiger partial charge on any atom is 0.255 e. The third kappa shape index (κ3) is 4.53. The minimum absolute atomic E-state index is 0.174. The third-order valence-corrected chi connectivity index (χ3v) is 4.86. The molecule has 0 aliphatic rings. The first kappa shape index (κ1) is 19.5. The summed E-state index contributed by atoms with van der Waals surface area (Å²) >= 11 is 2.18. The lowest BCUT2D eigenvalue weighted by Crippen LogP contribution is -2.13. The number of nitrogens with one attached hydrogen (secondary N) is 1. The Kier molecular flexibility index (Phi) is 6.55. The summed E-state index contributed by atoms with van der Waals surface area (Å²) < 4.78 is 12.4. The highest BCUT2D eigenvalue weighted by Gasteiger charge is 2.16. The average Bonchev–Trinajstić information content (AvgIpc) is 2.67. The molecule has 0 spiro atoms. The number of benzene rings is 3. The molecule has 27 heavy (non-hydrogen) atoms. The summed E-state index contributed by atoms with van der Waals surface area (Å²) in [6.45, 7) is 5.09. The van der Waals surface area contributed by atoms with Crippen LogP contribution in [0.3, 0.4) is 0 Å². The van der Waals surface area contributed by atoms with Crippen molar-refractivity contribution >= 4 is 45.0 Å². The molecule has 0 aliphatic carbocycles. The van der Waals surface area contributed by atoms with Gasteiger partial charge in [0, 0.05) is 16.6 Å². The zero-order valence-corrected chi connectivity index (χ0v) is 17.6. The van der Waals surface area contributed by atoms with E-state index in [0.717, 1.165) is 26.5 Å². The number of ether oxygens (including phenoxy) is 2. The van der Waals surface area contributed by atoms with E-state index in [1.807, 2.05) is 55.5 Å². The predicted octanol–water partition coefficient (Wildman–Crippen LogP) is 5.88. The Morgan fingerprint density at radius 3 is 2.59 bits per heavy atom. The maximum absolute atomic E-state index is 12.9. The average molecular weight is 475 g/mol. The molecule has 0 aliphatic heterocycles. The molecule has 0 saturated carbocycles. The lowest BCUT2D eigenvalue weighted by atomic mass is 10.1. The van der Waals surface area contributed by atoms with E-state index in [4.69, 9.17) is 9.47 Å². The normalized spacial score (nSPS) is 10.6. The second-order valence-electron chi connectivity index (χ2n) is 6.05. The lowest BCUT2D eigenvalue weighted by molar-refractivity contribution is 0.102. The van der Waals surface area contributed by atoms with Crippen LogP contribution in [0.25, 0.3) is 10.8 Å². The topological polar surface area (TPSA) is 47.6 Å². The standard InChI is InChI=1S/C22H22INO3/c1-3-12-27-21-18(23)13-16(14-20(21)26-4-2)22(25)24-19-11-7-9-15-8-5-6-10-17(15)19/h5-11,13-14H,3-4,12H2,1-2H3,(H,24,25). The van der Waals surface area contributed by atoms with Gasteiger partial charge in [0.25, 0.3) is 5.91 Å². The number of halogens is 1. The molecule has 0 bridgehead atoms. The van der Waals surface area contributed by atoms with E-state index in [-0.39, 0.29) is 5.91 Å². The summed E-state index contributed by atoms with van der Waals surface area (Å²) in [6, 6.07) is 17.4. The molecule has 3 aromatic rings. The zero-order valence-electron chi connectivity index (χ0n) is 15.4. The largest absolute Gasteiger partial charge is 0.490 e. The molecule has 3 rings (SSSR count). The molecule has 4 nitrogen and oxygen atoms in total. The van der Waals surface area contributed by atoms with Gasteiger partial charge in [-0.15, -0.1) is 0 Å². The molecule has 0 radical (unpaired) electrons. The second-order valence-corrected chi connectivity index (χ2v) is 7.21. The summed E-state index contributed by atoms with van der Waals surface area (Å²) in [4.78, 5) is 12.9. The fraction of sp³-hybridized carbons (Fsp3) is 0.227. The lowest BCUT2D eigenvalue weighted by Gasteiger charge is -2.15. The number of carbonyl (C=O) groups excluding carboxylic acids is 1. The van der Waals surface area contributed by atoms with Gasteiger partial charge in [0.05, 0.1) is 16.8 Å². The molecule has 0 unspecified atom stereocenters. The van der Waals surface area contributed by atoms with E-state index < -0.39 is 0 Å². The first-order chi connectivity index (χ1) is 13.1. The highest BCUT2D eigenvalue weighted by Crippen LogP contribution is 2.35. The van der Waals surface area contributed by atoms with E-state index in [9.17, 15) is 4.79 Å². The van der Waals surface area contributed by atoms with Gasteiger partial charge in [-0.25, -0.2) is 0 Å². The van der Waals surface area contributed by atoms with Gasteiger partial charge in [-0.2, -0.15) is 0 Å². The minimum Gasteiger partial charge on any atom is -0.490 e. The quantitative estimate of drug-likeness (QED) is 0.434. The van der Waals surface area contributed by atoms with E-state index in [0.29, 0.717) is 30.3 Å². The highest BCUT2D eigenvalue weighted by atomic mass is 127. The number of hydrogen-bond acceptors (Lipinski definition) is 3. The Morgan fingerprint density at radius 1 is 1.04 bits per heavy atom. The van der Waals surface area contributed by atoms with Gasteiger partial charge in [0.15, 0.2) is 11.5 Å². The molecule has 0 aromatic heterocycles. The molecule has 140 valence electrons. The monoisotopic (exact) mass is 475 g/mol. The van der Waals surface area contributed by atoms with Crippen molar-refractivity contribution in [3.05, 3.63) is 63.7 Å². The molecule has 1 amide bonds. The van der Waals surface area contributed by atoms with E-state index in [1.165, 1.54) is 0 Å². The van der Waals surface area contributed by atoms with Crippen LogP contribution in [0, 0.1) is 3.57 Å². The second kappa shape index (κ2) is 9.08. The van der Waals surface area contributed by atoms with Crippen molar-refractivity contribution in [2.24, 2.45) is 0 Å². The van der Waals surface area contributed by atoms with Crippen LogP contribution in [0.15, 0.2) is 54.6 Å². The molecule has 0 saturated heterocycles. The van der Waals surface area contributed by atoms with Crippen molar-refractivity contribution in [3.8, 4) is 11.5 Å². The summed E-state index contributed by atoms with van der Waals surface area (Å²) in [7, 11) is 0. The number of carbonyl (C=O) groups is 1. The molecule has 0 heterocycles. The SMILES string of the molecule is CCCOc1c(I)cc(C(=O)Nc2cccc3ccccc23)cc1OCC. The van der Waals surface area contributed by atoms with Crippen molar-refractivity contribution in [2.75, 3.05) is 18.5 Å². The van der Waals surface area contributed by atoms with Crippen molar-refractivity contribution in [1.29, 1.82) is 0 Å². The Bertz CT molecular complexity index is 950. The molecule has 5 heteroatoms. The number of anilines is 1. The van der Waals surface area contributed by atoms with Crippen LogP contribution in [0.1, 0.15) is 30.6 Å². The van der Waals surface area contributed by atoms with E-state index >= 15 is 0 Å². The van der Waals surface area contributed by atoms with E-state index in [1.54, 1.807) is 6.07 Å². The van der Waals surface area contributed by atoms with Crippen LogP contribution < -0.4 is 14.8 Å². The van der Waals surface area contributed by atoms with Gasteiger partial charge >= 0.3 is 0 Å².